The third-order valence-electron chi connectivity index (χ3n) is 3.13. The maximum absolute atomic E-state index is 13.4. The van der Waals surface area contributed by atoms with E-state index < -0.39 is 5.82 Å². The molecule has 1 aromatic heterocycles. The van der Waals surface area contributed by atoms with E-state index in [9.17, 15) is 9.18 Å². The number of hydrogen-bond acceptors (Lipinski definition) is 3. The highest BCUT2D eigenvalue weighted by atomic mass is 19.1. The van der Waals surface area contributed by atoms with Gasteiger partial charge in [0.15, 0.2) is 22.9 Å². The minimum Gasteiger partial charge on any atom is -0.450 e. The number of benzene rings is 1. The van der Waals surface area contributed by atoms with E-state index in [0.29, 0.717) is 24.4 Å². The van der Waals surface area contributed by atoms with Crippen LogP contribution in [0, 0.1) is 5.82 Å². The van der Waals surface area contributed by atoms with Crippen molar-refractivity contribution in [2.45, 2.75) is 25.3 Å². The first-order chi connectivity index (χ1) is 8.74. The van der Waals surface area contributed by atoms with Crippen LogP contribution in [-0.2, 0) is 0 Å². The van der Waals surface area contributed by atoms with Crippen LogP contribution in [0.15, 0.2) is 28.7 Å². The van der Waals surface area contributed by atoms with Crippen LogP contribution in [0.5, 0.6) is 0 Å². The van der Waals surface area contributed by atoms with Crippen molar-refractivity contribution in [3.05, 3.63) is 35.8 Å². The first kappa shape index (κ1) is 11.4. The molecule has 1 N–H and O–H groups in total. The molecule has 0 amide bonds. The van der Waals surface area contributed by atoms with Crippen molar-refractivity contribution < 1.29 is 13.6 Å². The third-order valence-corrected chi connectivity index (χ3v) is 3.13. The number of rotatable bonds is 5. The van der Waals surface area contributed by atoms with Crippen molar-refractivity contribution in [1.82, 2.24) is 5.32 Å². The fourth-order valence-corrected chi connectivity index (χ4v) is 1.97. The number of nitrogens with one attached hydrogen (secondary N) is 1. The molecule has 1 aliphatic rings. The molecule has 1 heterocycles. The smallest absolute Gasteiger partial charge is 0.199 e. The van der Waals surface area contributed by atoms with E-state index in [1.165, 1.54) is 18.9 Å². The first-order valence-corrected chi connectivity index (χ1v) is 6.19. The number of hydrogen-bond donors (Lipinski definition) is 1. The average molecular weight is 247 g/mol. The Labute approximate surface area is 104 Å². The van der Waals surface area contributed by atoms with Crippen LogP contribution < -0.4 is 5.32 Å². The van der Waals surface area contributed by atoms with E-state index in [0.717, 1.165) is 0 Å². The van der Waals surface area contributed by atoms with Gasteiger partial charge in [-0.15, -0.1) is 0 Å². The summed E-state index contributed by atoms with van der Waals surface area (Å²) in [6.07, 6.45) is 2.78. The lowest BCUT2D eigenvalue weighted by molar-refractivity contribution is 0.0957. The molecule has 0 unspecified atom stereocenters. The van der Waals surface area contributed by atoms with Gasteiger partial charge in [0, 0.05) is 24.4 Å². The van der Waals surface area contributed by atoms with Crippen molar-refractivity contribution in [3.63, 3.8) is 0 Å². The number of furan rings is 1. The molecule has 0 aliphatic heterocycles. The van der Waals surface area contributed by atoms with Gasteiger partial charge in [0.25, 0.3) is 0 Å². The largest absolute Gasteiger partial charge is 0.450 e. The van der Waals surface area contributed by atoms with E-state index in [1.54, 1.807) is 18.2 Å². The number of halogens is 1. The van der Waals surface area contributed by atoms with Crippen molar-refractivity contribution in [2.75, 3.05) is 6.54 Å². The van der Waals surface area contributed by atoms with Crippen LogP contribution in [0.4, 0.5) is 4.39 Å². The number of para-hydroxylation sites is 1. The Kier molecular flexibility index (Phi) is 2.88. The summed E-state index contributed by atoms with van der Waals surface area (Å²) in [5.41, 5.74) is 0.163. The van der Waals surface area contributed by atoms with Crippen LogP contribution in [0.1, 0.15) is 29.8 Å². The molecule has 18 heavy (non-hydrogen) atoms. The standard InChI is InChI=1S/C14H14FNO2/c15-11-3-1-2-9-8-13(18-14(9)11)12(17)6-7-16-10-4-5-10/h1-3,8,10,16H,4-7H2. The highest BCUT2D eigenvalue weighted by Crippen LogP contribution is 2.23. The normalized spacial score (nSPS) is 15.2. The zero-order valence-corrected chi connectivity index (χ0v) is 9.91. The Morgan fingerprint density at radius 1 is 1.44 bits per heavy atom. The van der Waals surface area contributed by atoms with Crippen molar-refractivity contribution >= 4 is 16.8 Å². The van der Waals surface area contributed by atoms with Gasteiger partial charge in [-0.2, -0.15) is 0 Å². The van der Waals surface area contributed by atoms with E-state index in [4.69, 9.17) is 4.42 Å². The van der Waals surface area contributed by atoms with Crippen LogP contribution in [0.2, 0.25) is 0 Å². The number of Topliss-reactive ketones (excluding diaryl/α,β-unsaturated/α-hetero) is 1. The van der Waals surface area contributed by atoms with E-state index in [2.05, 4.69) is 5.32 Å². The zero-order chi connectivity index (χ0) is 12.5. The minimum absolute atomic E-state index is 0.0845. The Balaban J connectivity index is 1.72. The number of carbonyl (C=O) groups excluding carboxylic acids is 1. The molecule has 94 valence electrons. The summed E-state index contributed by atoms with van der Waals surface area (Å²) in [6, 6.07) is 6.87. The maximum Gasteiger partial charge on any atom is 0.199 e. The molecule has 1 saturated carbocycles. The highest BCUT2D eigenvalue weighted by Gasteiger charge is 2.21. The van der Waals surface area contributed by atoms with Gasteiger partial charge in [0.1, 0.15) is 0 Å². The SMILES string of the molecule is O=C(CCNC1CC1)c1cc2cccc(F)c2o1. The molecule has 1 fully saturated rings. The molecular weight excluding hydrogens is 233 g/mol. The fourth-order valence-electron chi connectivity index (χ4n) is 1.97. The molecule has 0 bridgehead atoms. The predicted octanol–water partition coefficient (Wildman–Crippen LogP) is 2.90. The van der Waals surface area contributed by atoms with E-state index in [1.807, 2.05) is 0 Å². The van der Waals surface area contributed by atoms with Crippen LogP contribution in [-0.4, -0.2) is 18.4 Å². The zero-order valence-electron chi connectivity index (χ0n) is 9.91. The second-order valence-corrected chi connectivity index (χ2v) is 4.67. The average Bonchev–Trinajstić information content (AvgIpc) is 3.06. The molecule has 0 radical (unpaired) electrons. The van der Waals surface area contributed by atoms with Crippen molar-refractivity contribution in [3.8, 4) is 0 Å². The van der Waals surface area contributed by atoms with E-state index >= 15 is 0 Å². The molecular formula is C14H14FNO2. The molecule has 3 nitrogen and oxygen atoms in total. The first-order valence-electron chi connectivity index (χ1n) is 6.19. The summed E-state index contributed by atoms with van der Waals surface area (Å²) in [4.78, 5) is 11.9. The Morgan fingerprint density at radius 3 is 3.00 bits per heavy atom. The van der Waals surface area contributed by atoms with Crippen molar-refractivity contribution in [1.29, 1.82) is 0 Å². The second kappa shape index (κ2) is 4.53. The lowest BCUT2D eigenvalue weighted by Gasteiger charge is -1.99. The lowest BCUT2D eigenvalue weighted by atomic mass is 10.2. The summed E-state index contributed by atoms with van der Waals surface area (Å²) in [5, 5.41) is 3.90. The molecule has 0 atom stereocenters. The fraction of sp³-hybridized carbons (Fsp3) is 0.357. The summed E-state index contributed by atoms with van der Waals surface area (Å²) in [5.74, 6) is -0.269. The minimum atomic E-state index is -0.428. The summed E-state index contributed by atoms with van der Waals surface area (Å²) in [6.45, 7) is 0.656. The summed E-state index contributed by atoms with van der Waals surface area (Å²) < 4.78 is 18.7. The van der Waals surface area contributed by atoms with Gasteiger partial charge in [-0.05, 0) is 25.0 Å². The van der Waals surface area contributed by atoms with Gasteiger partial charge in [0.05, 0.1) is 0 Å². The molecule has 0 spiro atoms. The Bertz CT molecular complexity index is 586. The van der Waals surface area contributed by atoms with Crippen LogP contribution in [0.25, 0.3) is 11.0 Å². The number of ketones is 1. The van der Waals surface area contributed by atoms with Gasteiger partial charge in [-0.1, -0.05) is 12.1 Å². The molecule has 1 aromatic carbocycles. The second-order valence-electron chi connectivity index (χ2n) is 4.67. The van der Waals surface area contributed by atoms with Crippen LogP contribution in [0.3, 0.4) is 0 Å². The monoisotopic (exact) mass is 247 g/mol. The van der Waals surface area contributed by atoms with Gasteiger partial charge in [-0.3, -0.25) is 4.79 Å². The summed E-state index contributed by atoms with van der Waals surface area (Å²) in [7, 11) is 0. The topological polar surface area (TPSA) is 42.2 Å². The summed E-state index contributed by atoms with van der Waals surface area (Å²) >= 11 is 0. The quantitative estimate of drug-likeness (QED) is 0.826. The number of fused-ring (bicyclic) bond motifs is 1. The molecule has 2 aromatic rings. The van der Waals surface area contributed by atoms with Gasteiger partial charge in [0.2, 0.25) is 0 Å². The third kappa shape index (κ3) is 2.29. The van der Waals surface area contributed by atoms with E-state index in [-0.39, 0.29) is 17.1 Å². The van der Waals surface area contributed by atoms with Gasteiger partial charge in [-0.25, -0.2) is 4.39 Å². The highest BCUT2D eigenvalue weighted by molar-refractivity contribution is 5.97. The van der Waals surface area contributed by atoms with Gasteiger partial charge >= 0.3 is 0 Å². The predicted molar refractivity (Wildman–Crippen MR) is 66.1 cm³/mol. The number of carbonyl (C=O) groups is 1. The van der Waals surface area contributed by atoms with Crippen LogP contribution >= 0.6 is 0 Å². The van der Waals surface area contributed by atoms with Gasteiger partial charge < -0.3 is 9.73 Å². The molecule has 4 heteroatoms. The molecule has 3 rings (SSSR count). The maximum atomic E-state index is 13.4. The molecule has 1 aliphatic carbocycles. The Morgan fingerprint density at radius 2 is 2.28 bits per heavy atom. The van der Waals surface area contributed by atoms with Crippen molar-refractivity contribution in [2.24, 2.45) is 0 Å². The lowest BCUT2D eigenvalue weighted by Crippen LogP contribution is -2.20. The Hall–Kier alpha value is -1.68. The molecule has 0 saturated heterocycles.